The molecule has 160 valence electrons. The Labute approximate surface area is 186 Å². The van der Waals surface area contributed by atoms with Gasteiger partial charge in [-0.3, -0.25) is 9.78 Å². The zero-order chi connectivity index (χ0) is 22.4. The number of nitrogens with one attached hydrogen (secondary N) is 1. The number of hydrogen-bond donors (Lipinski definition) is 2. The van der Waals surface area contributed by atoms with Gasteiger partial charge in [0.1, 0.15) is 5.56 Å². The van der Waals surface area contributed by atoms with Gasteiger partial charge < -0.3 is 15.8 Å². The molecule has 6 nitrogen and oxygen atoms in total. The van der Waals surface area contributed by atoms with Crippen molar-refractivity contribution in [3.8, 4) is 0 Å². The summed E-state index contributed by atoms with van der Waals surface area (Å²) in [6.45, 7) is 4.00. The molecule has 31 heavy (non-hydrogen) atoms. The number of halogens is 1. The summed E-state index contributed by atoms with van der Waals surface area (Å²) in [5.74, 6) is -0.785. The normalized spacial score (nSPS) is 11.1. The summed E-state index contributed by atoms with van der Waals surface area (Å²) >= 11 is 5.87. The maximum Gasteiger partial charge on any atom is 0.342 e. The lowest BCUT2D eigenvalue weighted by Crippen LogP contribution is -2.14. The molecule has 1 aromatic heterocycles. The third-order valence-corrected chi connectivity index (χ3v) is 4.88. The first-order valence-electron chi connectivity index (χ1n) is 10.1. The van der Waals surface area contributed by atoms with Crippen molar-refractivity contribution in [2.45, 2.75) is 26.7 Å². The molecule has 3 aromatic rings. The van der Waals surface area contributed by atoms with Crippen molar-refractivity contribution in [2.75, 3.05) is 17.7 Å². The Balaban J connectivity index is 1.89. The average Bonchev–Trinajstić information content (AvgIpc) is 2.74. The van der Waals surface area contributed by atoms with Gasteiger partial charge in [0.15, 0.2) is 0 Å². The number of amides is 1. The number of nitrogen functional groups attached to an aromatic ring is 1. The van der Waals surface area contributed by atoms with Gasteiger partial charge in [0.2, 0.25) is 5.91 Å². The smallest absolute Gasteiger partial charge is 0.342 e. The lowest BCUT2D eigenvalue weighted by Gasteiger charge is -2.14. The van der Waals surface area contributed by atoms with Gasteiger partial charge in [-0.2, -0.15) is 0 Å². The van der Waals surface area contributed by atoms with E-state index in [2.05, 4.69) is 10.3 Å². The Hall–Kier alpha value is -3.38. The van der Waals surface area contributed by atoms with Crippen molar-refractivity contribution in [3.05, 3.63) is 70.4 Å². The number of nitrogens with zero attached hydrogens (tertiary/aromatic N) is 1. The molecule has 0 radical (unpaired) electrons. The van der Waals surface area contributed by atoms with Crippen LogP contribution in [-0.2, 0) is 16.0 Å². The van der Waals surface area contributed by atoms with E-state index in [0.717, 1.165) is 12.0 Å². The van der Waals surface area contributed by atoms with E-state index in [0.29, 0.717) is 45.0 Å². The Kier molecular flexibility index (Phi) is 7.26. The number of rotatable bonds is 7. The zero-order valence-electron chi connectivity index (χ0n) is 17.4. The fourth-order valence-electron chi connectivity index (χ4n) is 3.20. The lowest BCUT2D eigenvalue weighted by atomic mass is 10.0. The number of aryl methyl sites for hydroxylation is 1. The van der Waals surface area contributed by atoms with Crippen LogP contribution in [0.2, 0.25) is 5.02 Å². The Morgan fingerprint density at radius 3 is 2.58 bits per heavy atom. The second-order valence-corrected chi connectivity index (χ2v) is 7.36. The van der Waals surface area contributed by atoms with Gasteiger partial charge >= 0.3 is 5.97 Å². The van der Waals surface area contributed by atoms with Crippen LogP contribution in [-0.4, -0.2) is 23.5 Å². The molecule has 0 unspecified atom stereocenters. The van der Waals surface area contributed by atoms with Crippen molar-refractivity contribution >= 4 is 51.8 Å². The van der Waals surface area contributed by atoms with Crippen LogP contribution in [0.25, 0.3) is 17.0 Å². The van der Waals surface area contributed by atoms with Gasteiger partial charge in [0.05, 0.1) is 23.5 Å². The predicted molar refractivity (Wildman–Crippen MR) is 125 cm³/mol. The van der Waals surface area contributed by atoms with Crippen LogP contribution >= 0.6 is 11.6 Å². The molecule has 2 aromatic carbocycles. The minimum absolute atomic E-state index is 0.248. The third-order valence-electron chi connectivity index (χ3n) is 4.63. The fraction of sp³-hybridized carbons (Fsp3) is 0.208. The first kappa shape index (κ1) is 22.3. The molecule has 0 aliphatic carbocycles. The van der Waals surface area contributed by atoms with E-state index < -0.39 is 5.97 Å². The summed E-state index contributed by atoms with van der Waals surface area (Å²) in [6, 6.07) is 12.4. The maximum atomic E-state index is 12.5. The molecule has 0 spiro atoms. The van der Waals surface area contributed by atoms with E-state index in [1.54, 1.807) is 43.3 Å². The lowest BCUT2D eigenvalue weighted by molar-refractivity contribution is -0.111. The first-order valence-corrected chi connectivity index (χ1v) is 10.4. The number of hydrogen-bond acceptors (Lipinski definition) is 5. The minimum atomic E-state index is -0.488. The number of benzene rings is 2. The highest BCUT2D eigenvalue weighted by molar-refractivity contribution is 6.30. The Morgan fingerprint density at radius 1 is 1.16 bits per heavy atom. The topological polar surface area (TPSA) is 94.3 Å². The molecule has 0 aliphatic rings. The van der Waals surface area contributed by atoms with Gasteiger partial charge in [0.25, 0.3) is 0 Å². The number of esters is 1. The Morgan fingerprint density at radius 2 is 1.90 bits per heavy atom. The van der Waals surface area contributed by atoms with Crippen LogP contribution < -0.4 is 11.1 Å². The molecule has 3 rings (SSSR count). The maximum absolute atomic E-state index is 12.5. The van der Waals surface area contributed by atoms with E-state index in [1.165, 1.54) is 6.08 Å². The highest BCUT2D eigenvalue weighted by Gasteiger charge is 2.20. The first-order chi connectivity index (χ1) is 14.9. The van der Waals surface area contributed by atoms with Crippen LogP contribution in [0.5, 0.6) is 0 Å². The highest BCUT2D eigenvalue weighted by Crippen LogP contribution is 2.30. The van der Waals surface area contributed by atoms with E-state index in [-0.39, 0.29) is 12.5 Å². The second-order valence-electron chi connectivity index (χ2n) is 6.92. The quantitative estimate of drug-likeness (QED) is 0.388. The van der Waals surface area contributed by atoms with Crippen LogP contribution in [0, 0.1) is 0 Å². The summed E-state index contributed by atoms with van der Waals surface area (Å²) < 4.78 is 5.17. The molecular formula is C24H24ClN3O3. The van der Waals surface area contributed by atoms with E-state index >= 15 is 0 Å². The molecule has 1 amide bonds. The van der Waals surface area contributed by atoms with Crippen LogP contribution in [0.4, 0.5) is 11.4 Å². The molecule has 0 saturated carbocycles. The van der Waals surface area contributed by atoms with Gasteiger partial charge in [-0.05, 0) is 55.3 Å². The second kappa shape index (κ2) is 10.1. The van der Waals surface area contributed by atoms with Gasteiger partial charge in [-0.25, -0.2) is 4.79 Å². The SMILES string of the molecule is CCCc1nc2ccc(NC(=O)C=Cc3ccc(Cl)cc3)cc2c(N)c1C(=O)OCC. The summed E-state index contributed by atoms with van der Waals surface area (Å²) in [5, 5.41) is 4.02. The number of ether oxygens (including phenoxy) is 1. The van der Waals surface area contributed by atoms with Crippen LogP contribution in [0.3, 0.4) is 0 Å². The molecule has 3 N–H and O–H groups in total. The summed E-state index contributed by atoms with van der Waals surface area (Å²) in [4.78, 5) is 29.4. The van der Waals surface area contributed by atoms with E-state index in [9.17, 15) is 9.59 Å². The van der Waals surface area contributed by atoms with Crippen molar-refractivity contribution < 1.29 is 14.3 Å². The van der Waals surface area contributed by atoms with Crippen molar-refractivity contribution in [3.63, 3.8) is 0 Å². The number of anilines is 2. The van der Waals surface area contributed by atoms with Crippen LogP contribution in [0.1, 0.15) is 41.9 Å². The van der Waals surface area contributed by atoms with Crippen molar-refractivity contribution in [2.24, 2.45) is 0 Å². The predicted octanol–water partition coefficient (Wildman–Crippen LogP) is 5.25. The fourth-order valence-corrected chi connectivity index (χ4v) is 3.32. The molecule has 0 atom stereocenters. The molecule has 1 heterocycles. The third kappa shape index (κ3) is 5.41. The summed E-state index contributed by atoms with van der Waals surface area (Å²) in [7, 11) is 0. The molecule has 0 saturated heterocycles. The summed E-state index contributed by atoms with van der Waals surface area (Å²) in [5.41, 5.74) is 9.63. The molecule has 0 aliphatic heterocycles. The van der Waals surface area contributed by atoms with E-state index in [1.807, 2.05) is 19.1 Å². The van der Waals surface area contributed by atoms with E-state index in [4.69, 9.17) is 22.1 Å². The minimum Gasteiger partial charge on any atom is -0.462 e. The van der Waals surface area contributed by atoms with Crippen molar-refractivity contribution in [1.29, 1.82) is 0 Å². The average molecular weight is 438 g/mol. The molecule has 7 heteroatoms. The van der Waals surface area contributed by atoms with Gasteiger partial charge in [0, 0.05) is 22.2 Å². The Bertz CT molecular complexity index is 1140. The summed E-state index contributed by atoms with van der Waals surface area (Å²) in [6.07, 6.45) is 4.56. The number of aromatic nitrogens is 1. The number of pyridine rings is 1. The number of nitrogens with two attached hydrogens (primary N) is 1. The molecule has 0 bridgehead atoms. The number of carbonyl (C=O) groups excluding carboxylic acids is 2. The monoisotopic (exact) mass is 437 g/mol. The van der Waals surface area contributed by atoms with Crippen molar-refractivity contribution in [1.82, 2.24) is 4.98 Å². The molecular weight excluding hydrogens is 414 g/mol. The molecule has 0 fully saturated rings. The van der Waals surface area contributed by atoms with Crippen LogP contribution in [0.15, 0.2) is 48.5 Å². The number of fused-ring (bicyclic) bond motifs is 1. The zero-order valence-corrected chi connectivity index (χ0v) is 18.2. The number of carbonyl (C=O) groups is 2. The largest absolute Gasteiger partial charge is 0.462 e. The van der Waals surface area contributed by atoms with Gasteiger partial charge in [-0.15, -0.1) is 0 Å². The van der Waals surface area contributed by atoms with Gasteiger partial charge in [-0.1, -0.05) is 37.1 Å². The highest BCUT2D eigenvalue weighted by atomic mass is 35.5. The standard InChI is InChI=1S/C24H24ClN3O3/c1-3-5-20-22(24(30)31-4-2)23(26)18-14-17(11-12-19(18)28-20)27-21(29)13-8-15-6-9-16(25)10-7-15/h6-14H,3-5H2,1-2H3,(H2,26,28)(H,27,29).